The Hall–Kier alpha value is -0.680. The van der Waals surface area contributed by atoms with Crippen LogP contribution in [0.3, 0.4) is 0 Å². The molecular formula is C8H13N3OS. The first kappa shape index (κ1) is 8.90. The summed E-state index contributed by atoms with van der Waals surface area (Å²) in [5.41, 5.74) is 8.90. The van der Waals surface area contributed by atoms with Crippen LogP contribution in [0.5, 0.6) is 0 Å². The monoisotopic (exact) mass is 199 g/mol. The van der Waals surface area contributed by atoms with Crippen LogP contribution in [0, 0.1) is 0 Å². The molecule has 5 heteroatoms. The Labute approximate surface area is 79.4 Å². The van der Waals surface area contributed by atoms with E-state index in [-0.39, 0.29) is 6.04 Å². The lowest BCUT2D eigenvalue weighted by molar-refractivity contribution is 0.678. The second kappa shape index (κ2) is 3.23. The van der Waals surface area contributed by atoms with Gasteiger partial charge in [0.2, 0.25) is 0 Å². The molecule has 0 bridgehead atoms. The largest absolute Gasteiger partial charge is 0.323 e. The van der Waals surface area contributed by atoms with Gasteiger partial charge in [-0.3, -0.25) is 9.31 Å². The van der Waals surface area contributed by atoms with Gasteiger partial charge in [-0.1, -0.05) is 0 Å². The zero-order valence-electron chi connectivity index (χ0n) is 7.54. The summed E-state index contributed by atoms with van der Waals surface area (Å²) in [6, 6.07) is -0.0356. The average Bonchev–Trinajstić information content (AvgIpc) is 2.46. The molecule has 3 N–H and O–H groups in total. The Balaban J connectivity index is 2.38. The van der Waals surface area contributed by atoms with Gasteiger partial charge < -0.3 is 5.73 Å². The summed E-state index contributed by atoms with van der Waals surface area (Å²) in [7, 11) is -0.714. The highest BCUT2D eigenvalue weighted by atomic mass is 32.2. The van der Waals surface area contributed by atoms with Gasteiger partial charge >= 0.3 is 0 Å². The molecule has 1 aromatic rings. The number of H-pyrrole nitrogens is 1. The summed E-state index contributed by atoms with van der Waals surface area (Å²) in [6.07, 6.45) is 0.843. The maximum atomic E-state index is 11.2. The van der Waals surface area contributed by atoms with Crippen molar-refractivity contribution in [2.24, 2.45) is 5.73 Å². The second-order valence-corrected chi connectivity index (χ2v) is 4.97. The predicted molar refractivity (Wildman–Crippen MR) is 51.6 cm³/mol. The summed E-state index contributed by atoms with van der Waals surface area (Å²) in [5, 5.41) is 7.06. The minimum atomic E-state index is -0.714. The molecule has 0 fully saturated rings. The van der Waals surface area contributed by atoms with Crippen LogP contribution in [-0.2, 0) is 23.0 Å². The van der Waals surface area contributed by atoms with E-state index >= 15 is 0 Å². The highest BCUT2D eigenvalue weighted by molar-refractivity contribution is 7.84. The van der Waals surface area contributed by atoms with Crippen molar-refractivity contribution in [1.29, 1.82) is 0 Å². The van der Waals surface area contributed by atoms with Gasteiger partial charge in [0.05, 0.1) is 17.1 Å². The standard InChI is InChI=1S/C8H13N3OS/c1-5(9)8-6-2-3-13(12)4-7(6)10-11-8/h5H,2-4,9H2,1H3,(H,10,11)/t5-,13?/m0/s1. The third kappa shape index (κ3) is 1.53. The van der Waals surface area contributed by atoms with E-state index < -0.39 is 10.8 Å². The number of nitrogens with zero attached hydrogens (tertiary/aromatic N) is 1. The second-order valence-electron chi connectivity index (χ2n) is 3.39. The van der Waals surface area contributed by atoms with E-state index in [0.29, 0.717) is 5.75 Å². The van der Waals surface area contributed by atoms with Gasteiger partial charge in [-0.15, -0.1) is 0 Å². The highest BCUT2D eigenvalue weighted by Crippen LogP contribution is 2.22. The fraction of sp³-hybridized carbons (Fsp3) is 0.625. The topological polar surface area (TPSA) is 71.8 Å². The van der Waals surface area contributed by atoms with Gasteiger partial charge in [-0.25, -0.2) is 0 Å². The molecule has 72 valence electrons. The summed E-state index contributed by atoms with van der Waals surface area (Å²) in [5.74, 6) is 1.35. The Morgan fingerprint density at radius 1 is 1.69 bits per heavy atom. The molecular weight excluding hydrogens is 186 g/mol. The van der Waals surface area contributed by atoms with Crippen molar-refractivity contribution >= 4 is 10.8 Å². The molecule has 1 unspecified atom stereocenters. The zero-order chi connectivity index (χ0) is 9.42. The maximum absolute atomic E-state index is 11.2. The lowest BCUT2D eigenvalue weighted by Gasteiger charge is -2.12. The van der Waals surface area contributed by atoms with Crippen molar-refractivity contribution in [1.82, 2.24) is 10.2 Å². The minimum absolute atomic E-state index is 0.0356. The number of fused-ring (bicyclic) bond motifs is 1. The van der Waals surface area contributed by atoms with Gasteiger partial charge in [-0.05, 0) is 18.9 Å². The SMILES string of the molecule is C[C@H](N)c1n[nH]c2c1CCS(=O)C2. The Morgan fingerprint density at radius 3 is 3.15 bits per heavy atom. The predicted octanol–water partition coefficient (Wildman–Crippen LogP) is 0.234. The van der Waals surface area contributed by atoms with E-state index in [1.807, 2.05) is 6.92 Å². The van der Waals surface area contributed by atoms with Crippen LogP contribution >= 0.6 is 0 Å². The van der Waals surface area contributed by atoms with E-state index in [0.717, 1.165) is 23.6 Å². The smallest absolute Gasteiger partial charge is 0.0821 e. The lowest BCUT2D eigenvalue weighted by Crippen LogP contribution is -2.15. The van der Waals surface area contributed by atoms with Gasteiger partial charge in [0, 0.05) is 22.6 Å². The Morgan fingerprint density at radius 2 is 2.46 bits per heavy atom. The molecule has 13 heavy (non-hydrogen) atoms. The van der Waals surface area contributed by atoms with Crippen molar-refractivity contribution in [2.45, 2.75) is 25.1 Å². The van der Waals surface area contributed by atoms with Gasteiger partial charge in [0.1, 0.15) is 0 Å². The van der Waals surface area contributed by atoms with E-state index in [1.54, 1.807) is 0 Å². The fourth-order valence-electron chi connectivity index (χ4n) is 1.64. The first-order valence-electron chi connectivity index (χ1n) is 4.35. The number of hydrogen-bond donors (Lipinski definition) is 2. The molecule has 0 amide bonds. The van der Waals surface area contributed by atoms with Crippen molar-refractivity contribution in [3.63, 3.8) is 0 Å². The molecule has 0 spiro atoms. The molecule has 0 saturated heterocycles. The number of nitrogens with two attached hydrogens (primary N) is 1. The van der Waals surface area contributed by atoms with E-state index in [4.69, 9.17) is 5.73 Å². The molecule has 0 saturated carbocycles. The number of hydrogen-bond acceptors (Lipinski definition) is 3. The molecule has 0 aromatic carbocycles. The first-order chi connectivity index (χ1) is 6.18. The van der Waals surface area contributed by atoms with Gasteiger partial charge in [0.15, 0.2) is 0 Å². The molecule has 2 atom stereocenters. The van der Waals surface area contributed by atoms with E-state index in [1.165, 1.54) is 5.56 Å². The van der Waals surface area contributed by atoms with Crippen LogP contribution < -0.4 is 5.73 Å². The number of aromatic amines is 1. The summed E-state index contributed by atoms with van der Waals surface area (Å²) >= 11 is 0. The van der Waals surface area contributed by atoms with Crippen molar-refractivity contribution in [3.8, 4) is 0 Å². The van der Waals surface area contributed by atoms with Crippen LogP contribution in [0.2, 0.25) is 0 Å². The van der Waals surface area contributed by atoms with Gasteiger partial charge in [0.25, 0.3) is 0 Å². The third-order valence-electron chi connectivity index (χ3n) is 2.30. The van der Waals surface area contributed by atoms with Crippen LogP contribution in [0.4, 0.5) is 0 Å². The van der Waals surface area contributed by atoms with E-state index in [9.17, 15) is 4.21 Å². The molecule has 2 rings (SSSR count). The zero-order valence-corrected chi connectivity index (χ0v) is 8.36. The Kier molecular flexibility index (Phi) is 2.21. The molecule has 0 radical (unpaired) electrons. The van der Waals surface area contributed by atoms with Crippen molar-refractivity contribution in [3.05, 3.63) is 17.0 Å². The van der Waals surface area contributed by atoms with Crippen LogP contribution in [-0.4, -0.2) is 20.2 Å². The fourth-order valence-corrected chi connectivity index (χ4v) is 2.78. The van der Waals surface area contributed by atoms with Gasteiger partial charge in [-0.2, -0.15) is 5.10 Å². The number of nitrogens with one attached hydrogen (secondary N) is 1. The van der Waals surface area contributed by atoms with Crippen LogP contribution in [0.25, 0.3) is 0 Å². The molecule has 1 aliphatic rings. The van der Waals surface area contributed by atoms with Crippen molar-refractivity contribution < 1.29 is 4.21 Å². The summed E-state index contributed by atoms with van der Waals surface area (Å²) in [4.78, 5) is 0. The maximum Gasteiger partial charge on any atom is 0.0821 e. The molecule has 1 aliphatic heterocycles. The Bertz CT molecular complexity index is 345. The van der Waals surface area contributed by atoms with E-state index in [2.05, 4.69) is 10.2 Å². The number of rotatable bonds is 1. The average molecular weight is 199 g/mol. The minimum Gasteiger partial charge on any atom is -0.323 e. The molecule has 2 heterocycles. The molecule has 0 aliphatic carbocycles. The molecule has 1 aromatic heterocycles. The van der Waals surface area contributed by atoms with Crippen LogP contribution in [0.1, 0.15) is 29.9 Å². The lowest BCUT2D eigenvalue weighted by atomic mass is 10.1. The van der Waals surface area contributed by atoms with Crippen LogP contribution in [0.15, 0.2) is 0 Å². The van der Waals surface area contributed by atoms with Crippen molar-refractivity contribution in [2.75, 3.05) is 5.75 Å². The summed E-state index contributed by atoms with van der Waals surface area (Å²) in [6.45, 7) is 1.92. The third-order valence-corrected chi connectivity index (χ3v) is 3.57. The summed E-state index contributed by atoms with van der Waals surface area (Å²) < 4.78 is 11.2. The highest BCUT2D eigenvalue weighted by Gasteiger charge is 2.21. The number of aromatic nitrogens is 2. The first-order valence-corrected chi connectivity index (χ1v) is 5.84. The molecule has 4 nitrogen and oxygen atoms in total. The normalized spacial score (nSPS) is 24.0. The quantitative estimate of drug-likeness (QED) is 0.680.